The van der Waals surface area contributed by atoms with Gasteiger partial charge in [-0.25, -0.2) is 0 Å². The third-order valence-electron chi connectivity index (χ3n) is 2.30. The molecule has 0 saturated carbocycles. The van der Waals surface area contributed by atoms with Gasteiger partial charge in [-0.1, -0.05) is 6.92 Å². The average molecular weight is 284 g/mol. The van der Waals surface area contributed by atoms with Crippen LogP contribution in [0.5, 0.6) is 0 Å². The molecular weight excluding hydrogens is 268 g/mol. The lowest BCUT2D eigenvalue weighted by atomic mass is 10.2. The second-order valence-corrected chi connectivity index (χ2v) is 4.93. The molecule has 0 spiro atoms. The molecule has 1 heterocycles. The molecule has 6 nitrogen and oxygen atoms in total. The Morgan fingerprint density at radius 3 is 2.79 bits per heavy atom. The van der Waals surface area contributed by atoms with Crippen LogP contribution in [-0.2, 0) is 14.3 Å². The first kappa shape index (κ1) is 15.3. The molecule has 0 saturated heterocycles. The molecule has 1 aromatic heterocycles. The Kier molecular flexibility index (Phi) is 6.14. The van der Waals surface area contributed by atoms with Crippen molar-refractivity contribution >= 4 is 29.5 Å². The lowest BCUT2D eigenvalue weighted by Gasteiger charge is -2.08. The van der Waals surface area contributed by atoms with Gasteiger partial charge in [0.2, 0.25) is 5.91 Å². The van der Waals surface area contributed by atoms with Gasteiger partial charge >= 0.3 is 5.97 Å². The van der Waals surface area contributed by atoms with Crippen LogP contribution in [0.2, 0.25) is 0 Å². The van der Waals surface area contributed by atoms with Gasteiger partial charge in [-0.15, -0.1) is 0 Å². The number of carbonyl (C=O) groups excluding carboxylic acids is 3. The van der Waals surface area contributed by atoms with Crippen LogP contribution in [0.3, 0.4) is 0 Å². The molecule has 0 bridgehead atoms. The highest BCUT2D eigenvalue weighted by molar-refractivity contribution is 7.99. The molecule has 7 heteroatoms. The summed E-state index contributed by atoms with van der Waals surface area (Å²) in [6.07, 6.45) is 1.60. The van der Waals surface area contributed by atoms with Gasteiger partial charge in [-0.05, 0) is 12.1 Å². The number of H-pyrrole nitrogens is 1. The summed E-state index contributed by atoms with van der Waals surface area (Å²) in [5.74, 6) is -0.847. The number of rotatable bonds is 6. The number of methoxy groups -OCH3 is 1. The van der Waals surface area contributed by atoms with E-state index >= 15 is 0 Å². The Labute approximate surface area is 115 Å². The van der Waals surface area contributed by atoms with Crippen molar-refractivity contribution in [2.45, 2.75) is 6.92 Å². The predicted octanol–water partition coefficient (Wildman–Crippen LogP) is 0.813. The number of aromatic nitrogens is 1. The molecule has 0 radical (unpaired) electrons. The fourth-order valence-electron chi connectivity index (χ4n) is 1.30. The van der Waals surface area contributed by atoms with Crippen molar-refractivity contribution in [3.05, 3.63) is 24.0 Å². The third kappa shape index (κ3) is 5.17. The predicted molar refractivity (Wildman–Crippen MR) is 71.8 cm³/mol. The number of carbonyl (C=O) groups is 3. The summed E-state index contributed by atoms with van der Waals surface area (Å²) in [7, 11) is 1.32. The van der Waals surface area contributed by atoms with E-state index in [1.807, 2.05) is 0 Å². The van der Waals surface area contributed by atoms with Crippen molar-refractivity contribution in [3.8, 4) is 0 Å². The minimum atomic E-state index is -0.461. The molecule has 1 unspecified atom stereocenters. The van der Waals surface area contributed by atoms with E-state index in [9.17, 15) is 14.4 Å². The second kappa shape index (κ2) is 7.63. The number of hydrogen-bond acceptors (Lipinski definition) is 5. The maximum Gasteiger partial charge on any atom is 0.309 e. The SMILES string of the molecule is COC(=O)C(C)CSCC(=O)NC(=O)c1ccc[nH]1. The van der Waals surface area contributed by atoms with Crippen LogP contribution in [0.1, 0.15) is 17.4 Å². The molecule has 1 aromatic rings. The highest BCUT2D eigenvalue weighted by atomic mass is 32.2. The van der Waals surface area contributed by atoms with Crippen LogP contribution in [0, 0.1) is 5.92 Å². The number of ether oxygens (including phenoxy) is 1. The smallest absolute Gasteiger partial charge is 0.309 e. The van der Waals surface area contributed by atoms with Crippen molar-refractivity contribution < 1.29 is 19.1 Å². The summed E-state index contributed by atoms with van der Waals surface area (Å²) in [4.78, 5) is 36.8. The Balaban J connectivity index is 2.25. The Morgan fingerprint density at radius 2 is 2.21 bits per heavy atom. The molecule has 104 valence electrons. The molecule has 1 rings (SSSR count). The fourth-order valence-corrected chi connectivity index (χ4v) is 2.16. The van der Waals surface area contributed by atoms with Gasteiger partial charge in [0, 0.05) is 11.9 Å². The molecule has 2 amide bonds. The quantitative estimate of drug-likeness (QED) is 0.755. The molecule has 0 aliphatic rings. The first-order valence-corrected chi connectivity index (χ1v) is 6.83. The molecule has 0 fully saturated rings. The summed E-state index contributed by atoms with van der Waals surface area (Å²) in [5, 5.41) is 2.25. The fraction of sp³-hybridized carbons (Fsp3) is 0.417. The summed E-state index contributed by atoms with van der Waals surface area (Å²) in [6, 6.07) is 3.25. The lowest BCUT2D eigenvalue weighted by molar-refractivity contribution is -0.144. The molecule has 19 heavy (non-hydrogen) atoms. The van der Waals surface area contributed by atoms with Gasteiger partial charge in [0.1, 0.15) is 5.69 Å². The van der Waals surface area contributed by atoms with Crippen molar-refractivity contribution in [1.82, 2.24) is 10.3 Å². The number of hydrogen-bond donors (Lipinski definition) is 2. The third-order valence-corrected chi connectivity index (χ3v) is 3.50. The Morgan fingerprint density at radius 1 is 1.47 bits per heavy atom. The van der Waals surface area contributed by atoms with Gasteiger partial charge in [0.05, 0.1) is 18.8 Å². The first-order chi connectivity index (χ1) is 9.04. The lowest BCUT2D eigenvalue weighted by Crippen LogP contribution is -2.32. The summed E-state index contributed by atoms with van der Waals surface area (Å²) in [5.41, 5.74) is 0.335. The van der Waals surface area contributed by atoms with Gasteiger partial charge in [0.15, 0.2) is 0 Å². The topological polar surface area (TPSA) is 88.3 Å². The largest absolute Gasteiger partial charge is 0.469 e. The van der Waals surface area contributed by atoms with E-state index < -0.39 is 5.91 Å². The van der Waals surface area contributed by atoms with Crippen molar-refractivity contribution in [1.29, 1.82) is 0 Å². The summed E-state index contributed by atoms with van der Waals surface area (Å²) in [6.45, 7) is 1.72. The van der Waals surface area contributed by atoms with E-state index in [4.69, 9.17) is 0 Å². The number of thioether (sulfide) groups is 1. The van der Waals surface area contributed by atoms with Crippen molar-refractivity contribution in [3.63, 3.8) is 0 Å². The van der Waals surface area contributed by atoms with E-state index in [1.54, 1.807) is 25.3 Å². The maximum atomic E-state index is 11.5. The zero-order chi connectivity index (χ0) is 14.3. The molecular formula is C12H16N2O4S. The second-order valence-electron chi connectivity index (χ2n) is 3.90. The standard InChI is InChI=1S/C12H16N2O4S/c1-8(12(17)18-2)6-19-7-10(15)14-11(16)9-4-3-5-13-9/h3-5,8,13H,6-7H2,1-2H3,(H,14,15,16). The van der Waals surface area contributed by atoms with Crippen LogP contribution < -0.4 is 5.32 Å². The van der Waals surface area contributed by atoms with Crippen LogP contribution in [-0.4, -0.2) is 41.4 Å². The number of imide groups is 1. The Hall–Kier alpha value is -1.76. The Bertz CT molecular complexity index is 445. The van der Waals surface area contributed by atoms with Gasteiger partial charge < -0.3 is 9.72 Å². The monoisotopic (exact) mass is 284 g/mol. The van der Waals surface area contributed by atoms with E-state index in [0.29, 0.717) is 11.4 Å². The number of aromatic amines is 1. The van der Waals surface area contributed by atoms with Crippen LogP contribution in [0.4, 0.5) is 0 Å². The molecule has 0 aliphatic heterocycles. The number of esters is 1. The van der Waals surface area contributed by atoms with Gasteiger partial charge in [-0.3, -0.25) is 19.7 Å². The van der Waals surface area contributed by atoms with Crippen LogP contribution in [0.25, 0.3) is 0 Å². The normalized spacial score (nSPS) is 11.7. The van der Waals surface area contributed by atoms with E-state index in [0.717, 1.165) is 0 Å². The first-order valence-electron chi connectivity index (χ1n) is 5.67. The van der Waals surface area contributed by atoms with E-state index in [-0.39, 0.29) is 23.5 Å². The highest BCUT2D eigenvalue weighted by Crippen LogP contribution is 2.09. The number of nitrogens with one attached hydrogen (secondary N) is 2. The summed E-state index contributed by atoms with van der Waals surface area (Å²) >= 11 is 1.28. The zero-order valence-corrected chi connectivity index (χ0v) is 11.6. The van der Waals surface area contributed by atoms with Gasteiger partial charge in [0.25, 0.3) is 5.91 Å². The average Bonchev–Trinajstić information content (AvgIpc) is 2.91. The molecule has 2 N–H and O–H groups in total. The molecule has 0 aliphatic carbocycles. The van der Waals surface area contributed by atoms with E-state index in [2.05, 4.69) is 15.0 Å². The van der Waals surface area contributed by atoms with E-state index in [1.165, 1.54) is 18.9 Å². The zero-order valence-electron chi connectivity index (χ0n) is 10.8. The van der Waals surface area contributed by atoms with Gasteiger partial charge in [-0.2, -0.15) is 11.8 Å². The maximum absolute atomic E-state index is 11.5. The minimum Gasteiger partial charge on any atom is -0.469 e. The molecule has 1 atom stereocenters. The molecule has 0 aromatic carbocycles. The van der Waals surface area contributed by atoms with Crippen LogP contribution >= 0.6 is 11.8 Å². The highest BCUT2D eigenvalue weighted by Gasteiger charge is 2.15. The van der Waals surface area contributed by atoms with Crippen molar-refractivity contribution in [2.75, 3.05) is 18.6 Å². The van der Waals surface area contributed by atoms with Crippen molar-refractivity contribution in [2.24, 2.45) is 5.92 Å². The van der Waals surface area contributed by atoms with Crippen LogP contribution in [0.15, 0.2) is 18.3 Å². The minimum absolute atomic E-state index is 0.119. The number of amides is 2. The summed E-state index contributed by atoms with van der Waals surface area (Å²) < 4.78 is 4.57.